The molecule has 1 aliphatic rings. The van der Waals surface area contributed by atoms with Gasteiger partial charge in [-0.1, -0.05) is 24.3 Å². The van der Waals surface area contributed by atoms with Gasteiger partial charge in [-0.15, -0.1) is 35.3 Å². The summed E-state index contributed by atoms with van der Waals surface area (Å²) in [7, 11) is 0. The van der Waals surface area contributed by atoms with E-state index in [0.717, 1.165) is 44.1 Å². The molecule has 0 atom stereocenters. The van der Waals surface area contributed by atoms with E-state index in [9.17, 15) is 4.79 Å². The number of halogens is 1. The zero-order valence-electron chi connectivity index (χ0n) is 15.6. The average Bonchev–Trinajstić information content (AvgIpc) is 3.32. The third-order valence-corrected chi connectivity index (χ3v) is 5.23. The van der Waals surface area contributed by atoms with Crippen molar-refractivity contribution in [2.45, 2.75) is 32.7 Å². The van der Waals surface area contributed by atoms with Crippen LogP contribution in [0.25, 0.3) is 0 Å². The van der Waals surface area contributed by atoms with E-state index >= 15 is 0 Å². The molecule has 0 unspecified atom stereocenters. The van der Waals surface area contributed by atoms with Crippen LogP contribution in [0.5, 0.6) is 0 Å². The fraction of sp³-hybridized carbons (Fsp3) is 0.400. The van der Waals surface area contributed by atoms with Gasteiger partial charge >= 0.3 is 0 Å². The molecule has 5 nitrogen and oxygen atoms in total. The number of benzene rings is 1. The summed E-state index contributed by atoms with van der Waals surface area (Å²) in [5.74, 6) is 1.01. The first-order valence-electron chi connectivity index (χ1n) is 9.20. The van der Waals surface area contributed by atoms with Crippen molar-refractivity contribution in [2.75, 3.05) is 24.5 Å². The van der Waals surface area contributed by atoms with Crippen LogP contribution in [0.1, 0.15) is 30.2 Å². The quantitative estimate of drug-likeness (QED) is 0.265. The summed E-state index contributed by atoms with van der Waals surface area (Å²) in [5, 5.41) is 8.63. The van der Waals surface area contributed by atoms with E-state index in [0.29, 0.717) is 13.0 Å². The maximum atomic E-state index is 12.5. The monoisotopic (exact) mass is 498 g/mol. The van der Waals surface area contributed by atoms with Gasteiger partial charge < -0.3 is 15.5 Å². The number of fused-ring (bicyclic) bond motifs is 1. The van der Waals surface area contributed by atoms with Gasteiger partial charge in [0.25, 0.3) is 0 Å². The predicted octanol–water partition coefficient (Wildman–Crippen LogP) is 3.79. The average molecular weight is 498 g/mol. The minimum absolute atomic E-state index is 0. The Balaban J connectivity index is 0.00000261. The molecule has 1 aliphatic heterocycles. The van der Waals surface area contributed by atoms with Gasteiger partial charge in [-0.05, 0) is 42.8 Å². The lowest BCUT2D eigenvalue weighted by Gasteiger charge is -2.17. The fourth-order valence-electron chi connectivity index (χ4n) is 3.08. The highest BCUT2D eigenvalue weighted by molar-refractivity contribution is 14.0. The molecule has 0 aliphatic carbocycles. The normalized spacial score (nSPS) is 13.1. The summed E-state index contributed by atoms with van der Waals surface area (Å²) in [6.45, 7) is 5.08. The van der Waals surface area contributed by atoms with Gasteiger partial charge in [0.2, 0.25) is 5.91 Å². The summed E-state index contributed by atoms with van der Waals surface area (Å²) >= 11 is 1.71. The lowest BCUT2D eigenvalue weighted by atomic mass is 10.2. The largest absolute Gasteiger partial charge is 0.357 e. The first-order valence-corrected chi connectivity index (χ1v) is 10.1. The minimum Gasteiger partial charge on any atom is -0.357 e. The van der Waals surface area contributed by atoms with Crippen molar-refractivity contribution in [2.24, 2.45) is 4.99 Å². The number of aliphatic imine (C=N–C) groups is 1. The summed E-state index contributed by atoms with van der Waals surface area (Å²) in [6, 6.07) is 12.3. The van der Waals surface area contributed by atoms with Crippen LogP contribution in [-0.4, -0.2) is 31.5 Å². The third-order valence-electron chi connectivity index (χ3n) is 4.37. The molecule has 0 bridgehead atoms. The molecule has 0 spiro atoms. The van der Waals surface area contributed by atoms with Crippen molar-refractivity contribution in [1.29, 1.82) is 0 Å². The lowest BCUT2D eigenvalue weighted by Crippen LogP contribution is -2.38. The second kappa shape index (κ2) is 11.3. The first-order chi connectivity index (χ1) is 12.8. The van der Waals surface area contributed by atoms with Crippen molar-refractivity contribution in [1.82, 2.24) is 10.6 Å². The predicted molar refractivity (Wildman–Crippen MR) is 124 cm³/mol. The SMILES string of the molecule is CCNC(=NCc1cccs1)NCCCC(=O)N1CCc2ccccc21.I. The summed E-state index contributed by atoms with van der Waals surface area (Å²) in [5.41, 5.74) is 2.35. The third kappa shape index (κ3) is 6.21. The highest BCUT2D eigenvalue weighted by Gasteiger charge is 2.23. The lowest BCUT2D eigenvalue weighted by molar-refractivity contribution is -0.118. The molecule has 3 rings (SSSR count). The molecule has 2 N–H and O–H groups in total. The molecule has 2 aromatic rings. The van der Waals surface area contributed by atoms with Crippen molar-refractivity contribution in [3.8, 4) is 0 Å². The Morgan fingerprint density at radius 1 is 1.22 bits per heavy atom. The molecule has 1 aromatic carbocycles. The number of guanidine groups is 1. The number of carbonyl (C=O) groups excluding carboxylic acids is 1. The number of para-hydroxylation sites is 1. The Kier molecular flexibility index (Phi) is 9.06. The van der Waals surface area contributed by atoms with E-state index in [2.05, 4.69) is 40.1 Å². The number of rotatable bonds is 7. The van der Waals surface area contributed by atoms with Crippen LogP contribution in [0.15, 0.2) is 46.8 Å². The topological polar surface area (TPSA) is 56.7 Å². The summed E-state index contributed by atoms with van der Waals surface area (Å²) < 4.78 is 0. The van der Waals surface area contributed by atoms with Crippen LogP contribution < -0.4 is 15.5 Å². The zero-order valence-corrected chi connectivity index (χ0v) is 18.8. The highest BCUT2D eigenvalue weighted by Crippen LogP contribution is 2.27. The molecule has 0 saturated carbocycles. The van der Waals surface area contributed by atoms with Gasteiger partial charge in [0.15, 0.2) is 5.96 Å². The number of nitrogens with one attached hydrogen (secondary N) is 2. The van der Waals surface area contributed by atoms with Gasteiger partial charge in [0, 0.05) is 36.6 Å². The molecule has 27 heavy (non-hydrogen) atoms. The molecular formula is C20H27IN4OS. The van der Waals surface area contributed by atoms with Gasteiger partial charge in [-0.3, -0.25) is 4.79 Å². The van der Waals surface area contributed by atoms with Gasteiger partial charge in [-0.2, -0.15) is 0 Å². The number of anilines is 1. The van der Waals surface area contributed by atoms with Crippen molar-refractivity contribution in [3.63, 3.8) is 0 Å². The van der Waals surface area contributed by atoms with Crippen LogP contribution >= 0.6 is 35.3 Å². The standard InChI is InChI=1S/C20H26N4OS.HI/c1-2-21-20(23-15-17-8-6-14-26-17)22-12-5-10-19(25)24-13-11-16-7-3-4-9-18(16)24;/h3-4,6-9,14H,2,5,10-13,15H2,1H3,(H2,21,22,23);1H. The highest BCUT2D eigenvalue weighted by atomic mass is 127. The van der Waals surface area contributed by atoms with Crippen molar-refractivity contribution in [3.05, 3.63) is 52.2 Å². The smallest absolute Gasteiger partial charge is 0.227 e. The van der Waals surface area contributed by atoms with Crippen LogP contribution in [0.2, 0.25) is 0 Å². The number of nitrogens with zero attached hydrogens (tertiary/aromatic N) is 2. The molecule has 146 valence electrons. The molecular weight excluding hydrogens is 471 g/mol. The van der Waals surface area contributed by atoms with Crippen LogP contribution in [0.4, 0.5) is 5.69 Å². The molecule has 0 radical (unpaired) electrons. The Morgan fingerprint density at radius 2 is 2.07 bits per heavy atom. The second-order valence-electron chi connectivity index (χ2n) is 6.23. The molecule has 0 fully saturated rings. The van der Waals surface area contributed by atoms with E-state index in [1.54, 1.807) is 11.3 Å². The molecule has 2 heterocycles. The fourth-order valence-corrected chi connectivity index (χ4v) is 3.71. The number of amides is 1. The Morgan fingerprint density at radius 3 is 2.85 bits per heavy atom. The number of hydrogen-bond donors (Lipinski definition) is 2. The van der Waals surface area contributed by atoms with Gasteiger partial charge in [0.1, 0.15) is 0 Å². The maximum absolute atomic E-state index is 12.5. The second-order valence-corrected chi connectivity index (χ2v) is 7.26. The van der Waals surface area contributed by atoms with Crippen LogP contribution in [0.3, 0.4) is 0 Å². The van der Waals surface area contributed by atoms with Crippen molar-refractivity contribution >= 4 is 52.9 Å². The molecule has 0 saturated heterocycles. The Bertz CT molecular complexity index is 748. The maximum Gasteiger partial charge on any atom is 0.227 e. The number of hydrogen-bond acceptors (Lipinski definition) is 3. The van der Waals surface area contributed by atoms with Crippen LogP contribution in [-0.2, 0) is 17.8 Å². The first kappa shape index (κ1) is 21.7. The molecule has 1 amide bonds. The summed E-state index contributed by atoms with van der Waals surface area (Å²) in [6.07, 6.45) is 2.30. The summed E-state index contributed by atoms with van der Waals surface area (Å²) in [4.78, 5) is 20.3. The van der Waals surface area contributed by atoms with Crippen LogP contribution in [0, 0.1) is 0 Å². The van der Waals surface area contributed by atoms with Gasteiger partial charge in [-0.25, -0.2) is 4.99 Å². The van der Waals surface area contributed by atoms with E-state index in [1.807, 2.05) is 29.2 Å². The number of carbonyl (C=O) groups is 1. The Hall–Kier alpha value is -1.61. The van der Waals surface area contributed by atoms with E-state index in [-0.39, 0.29) is 29.9 Å². The van der Waals surface area contributed by atoms with E-state index in [4.69, 9.17) is 0 Å². The Labute approximate surface area is 182 Å². The van der Waals surface area contributed by atoms with Gasteiger partial charge in [0.05, 0.1) is 6.54 Å². The van der Waals surface area contributed by atoms with E-state index < -0.39 is 0 Å². The number of thiophene rings is 1. The van der Waals surface area contributed by atoms with Crippen molar-refractivity contribution < 1.29 is 4.79 Å². The molecule has 1 aromatic heterocycles. The van der Waals surface area contributed by atoms with E-state index in [1.165, 1.54) is 10.4 Å². The zero-order chi connectivity index (χ0) is 18.2. The molecule has 7 heteroatoms. The minimum atomic E-state index is 0.